The minimum Gasteiger partial charge on any atom is -0.496 e. The highest BCUT2D eigenvalue weighted by Crippen LogP contribution is 2.40. The van der Waals surface area contributed by atoms with Crippen molar-refractivity contribution in [2.75, 3.05) is 7.11 Å². The van der Waals surface area contributed by atoms with Gasteiger partial charge in [0, 0.05) is 24.6 Å². The van der Waals surface area contributed by atoms with Crippen molar-refractivity contribution in [3.8, 4) is 11.5 Å². The van der Waals surface area contributed by atoms with Gasteiger partial charge < -0.3 is 14.6 Å². The van der Waals surface area contributed by atoms with Crippen LogP contribution in [-0.2, 0) is 13.5 Å². The van der Waals surface area contributed by atoms with Crippen molar-refractivity contribution < 1.29 is 14.6 Å². The smallest absolute Gasteiger partial charge is 0.126 e. The molecule has 0 fully saturated rings. The number of halogens is 1. The van der Waals surface area contributed by atoms with Gasteiger partial charge in [0.1, 0.15) is 23.7 Å². The van der Waals surface area contributed by atoms with E-state index in [4.69, 9.17) is 21.1 Å². The van der Waals surface area contributed by atoms with Crippen molar-refractivity contribution in [2.45, 2.75) is 25.6 Å². The number of aliphatic hydroxyl groups excluding tert-OH is 1. The number of benzene rings is 1. The number of ether oxygens (including phenoxy) is 2. The van der Waals surface area contributed by atoms with Crippen LogP contribution in [0.5, 0.6) is 11.5 Å². The molecule has 0 spiro atoms. The zero-order valence-corrected chi connectivity index (χ0v) is 12.9. The fourth-order valence-electron chi connectivity index (χ4n) is 2.72. The molecule has 0 bridgehead atoms. The molecule has 0 aliphatic carbocycles. The second-order valence-electron chi connectivity index (χ2n) is 5.24. The lowest BCUT2D eigenvalue weighted by Gasteiger charge is -2.17. The van der Waals surface area contributed by atoms with Crippen LogP contribution >= 0.6 is 11.6 Å². The van der Waals surface area contributed by atoms with Crippen molar-refractivity contribution in [1.29, 1.82) is 0 Å². The number of fused-ring (bicyclic) bond motifs is 1. The first-order valence-electron chi connectivity index (χ1n) is 6.74. The summed E-state index contributed by atoms with van der Waals surface area (Å²) in [5, 5.41) is 15.1. The summed E-state index contributed by atoms with van der Waals surface area (Å²) in [5.74, 6) is 1.41. The molecule has 1 aromatic carbocycles. The van der Waals surface area contributed by atoms with Gasteiger partial charge in [-0.15, -0.1) is 0 Å². The van der Waals surface area contributed by atoms with Gasteiger partial charge in [-0.2, -0.15) is 5.10 Å². The van der Waals surface area contributed by atoms with Gasteiger partial charge in [0.05, 0.1) is 24.0 Å². The van der Waals surface area contributed by atoms with E-state index < -0.39 is 6.10 Å². The van der Waals surface area contributed by atoms with E-state index in [9.17, 15) is 5.11 Å². The van der Waals surface area contributed by atoms with Crippen LogP contribution in [0.4, 0.5) is 0 Å². The molecule has 2 unspecified atom stereocenters. The topological polar surface area (TPSA) is 56.5 Å². The maximum atomic E-state index is 10.7. The maximum Gasteiger partial charge on any atom is 0.126 e. The number of hydrogen-bond acceptors (Lipinski definition) is 4. The number of rotatable bonds is 3. The molecule has 5 nitrogen and oxygen atoms in total. The third-order valence-electron chi connectivity index (χ3n) is 3.74. The Balaban J connectivity index is 2.08. The molecule has 2 aromatic rings. The summed E-state index contributed by atoms with van der Waals surface area (Å²) < 4.78 is 12.7. The molecule has 1 aliphatic rings. The van der Waals surface area contributed by atoms with Crippen molar-refractivity contribution in [1.82, 2.24) is 9.78 Å². The summed E-state index contributed by atoms with van der Waals surface area (Å²) in [5.41, 5.74) is 2.24. The Labute approximate surface area is 128 Å². The average molecular weight is 309 g/mol. The standard InChI is InChI=1S/C15H17ClN2O3/c1-8-4-9-5-13(20-3)10(6-12(9)21-8)15(19)14-11(16)7-17-18(14)2/h5-8,15,19H,4H2,1-3H3. The number of aliphatic hydroxyl groups is 1. The predicted molar refractivity (Wildman–Crippen MR) is 79.1 cm³/mol. The van der Waals surface area contributed by atoms with Crippen LogP contribution in [0.15, 0.2) is 18.3 Å². The molecule has 6 heteroatoms. The van der Waals surface area contributed by atoms with Crippen molar-refractivity contribution in [3.05, 3.63) is 40.2 Å². The Bertz CT molecular complexity index is 664. The SMILES string of the molecule is COc1cc2c(cc1C(O)c1c(Cl)cnn1C)OC(C)C2. The lowest BCUT2D eigenvalue weighted by Crippen LogP contribution is -2.09. The Kier molecular flexibility index (Phi) is 3.55. The van der Waals surface area contributed by atoms with E-state index in [1.807, 2.05) is 19.1 Å². The van der Waals surface area contributed by atoms with Gasteiger partial charge in [-0.25, -0.2) is 0 Å². The molecular weight excluding hydrogens is 292 g/mol. The maximum absolute atomic E-state index is 10.7. The second kappa shape index (κ2) is 5.24. The van der Waals surface area contributed by atoms with E-state index in [1.165, 1.54) is 6.20 Å². The Morgan fingerprint density at radius 3 is 2.90 bits per heavy atom. The third kappa shape index (κ3) is 2.36. The monoisotopic (exact) mass is 308 g/mol. The minimum atomic E-state index is -0.926. The summed E-state index contributed by atoms with van der Waals surface area (Å²) in [6.07, 6.45) is 1.56. The van der Waals surface area contributed by atoms with Gasteiger partial charge >= 0.3 is 0 Å². The van der Waals surface area contributed by atoms with E-state index >= 15 is 0 Å². The highest BCUT2D eigenvalue weighted by atomic mass is 35.5. The molecule has 0 saturated carbocycles. The van der Waals surface area contributed by atoms with Crippen LogP contribution in [0.2, 0.25) is 5.02 Å². The van der Waals surface area contributed by atoms with E-state index in [1.54, 1.807) is 18.8 Å². The summed E-state index contributed by atoms with van der Waals surface area (Å²) in [4.78, 5) is 0. The van der Waals surface area contributed by atoms with Gasteiger partial charge in [0.15, 0.2) is 0 Å². The summed E-state index contributed by atoms with van der Waals surface area (Å²) in [6.45, 7) is 2.01. The number of hydrogen-bond donors (Lipinski definition) is 1. The molecule has 2 heterocycles. The fraction of sp³-hybridized carbons (Fsp3) is 0.400. The van der Waals surface area contributed by atoms with Gasteiger partial charge in [0.25, 0.3) is 0 Å². The van der Waals surface area contributed by atoms with Crippen LogP contribution in [0.3, 0.4) is 0 Å². The molecule has 21 heavy (non-hydrogen) atoms. The summed E-state index contributed by atoms with van der Waals surface area (Å²) in [6, 6.07) is 3.74. The number of methoxy groups -OCH3 is 1. The van der Waals surface area contributed by atoms with Crippen LogP contribution in [0.1, 0.15) is 29.8 Å². The van der Waals surface area contributed by atoms with Crippen molar-refractivity contribution in [2.24, 2.45) is 7.05 Å². The zero-order valence-electron chi connectivity index (χ0n) is 12.1. The van der Waals surface area contributed by atoms with Crippen molar-refractivity contribution >= 4 is 11.6 Å². The number of aryl methyl sites for hydroxylation is 1. The van der Waals surface area contributed by atoms with Gasteiger partial charge in [-0.3, -0.25) is 4.68 Å². The quantitative estimate of drug-likeness (QED) is 0.946. The highest BCUT2D eigenvalue weighted by Gasteiger charge is 2.27. The van der Waals surface area contributed by atoms with Gasteiger partial charge in [-0.05, 0) is 19.1 Å². The Morgan fingerprint density at radius 1 is 1.52 bits per heavy atom. The molecule has 112 valence electrons. The largest absolute Gasteiger partial charge is 0.496 e. The number of aromatic nitrogens is 2. The molecule has 2 atom stereocenters. The molecule has 0 radical (unpaired) electrons. The van der Waals surface area contributed by atoms with Crippen molar-refractivity contribution in [3.63, 3.8) is 0 Å². The van der Waals surface area contributed by atoms with Gasteiger partial charge in [-0.1, -0.05) is 11.6 Å². The normalized spacial score (nSPS) is 18.2. The van der Waals surface area contributed by atoms with Crippen LogP contribution < -0.4 is 9.47 Å². The van der Waals surface area contributed by atoms with E-state index in [0.717, 1.165) is 17.7 Å². The van der Waals surface area contributed by atoms with Crippen LogP contribution in [-0.4, -0.2) is 28.1 Å². The Morgan fingerprint density at radius 2 is 2.29 bits per heavy atom. The first-order chi connectivity index (χ1) is 10.0. The third-order valence-corrected chi connectivity index (χ3v) is 4.03. The van der Waals surface area contributed by atoms with Gasteiger partial charge in [0.2, 0.25) is 0 Å². The second-order valence-corrected chi connectivity index (χ2v) is 5.65. The fourth-order valence-corrected chi connectivity index (χ4v) is 2.99. The van der Waals surface area contributed by atoms with Crippen LogP contribution in [0.25, 0.3) is 0 Å². The predicted octanol–water partition coefficient (Wildman–Crippen LogP) is 2.49. The lowest BCUT2D eigenvalue weighted by molar-refractivity contribution is 0.203. The molecule has 1 aromatic heterocycles. The molecule has 1 aliphatic heterocycles. The minimum absolute atomic E-state index is 0.136. The molecule has 0 saturated heterocycles. The zero-order chi connectivity index (χ0) is 15.1. The van der Waals surface area contributed by atoms with E-state index in [-0.39, 0.29) is 6.10 Å². The summed E-state index contributed by atoms with van der Waals surface area (Å²) >= 11 is 6.11. The lowest BCUT2D eigenvalue weighted by atomic mass is 10.0. The first kappa shape index (κ1) is 14.2. The first-order valence-corrected chi connectivity index (χ1v) is 7.12. The molecular formula is C15H17ClN2O3. The highest BCUT2D eigenvalue weighted by molar-refractivity contribution is 6.31. The molecule has 3 rings (SSSR count). The van der Waals surface area contributed by atoms with E-state index in [2.05, 4.69) is 5.10 Å². The van der Waals surface area contributed by atoms with Crippen LogP contribution in [0, 0.1) is 0 Å². The summed E-state index contributed by atoms with van der Waals surface area (Å²) in [7, 11) is 3.32. The number of nitrogens with zero attached hydrogens (tertiary/aromatic N) is 2. The average Bonchev–Trinajstić information content (AvgIpc) is 2.97. The Hall–Kier alpha value is -1.72. The van der Waals surface area contributed by atoms with E-state index in [0.29, 0.717) is 22.0 Å². The molecule has 1 N–H and O–H groups in total. The molecule has 0 amide bonds.